The number of carbonyl (C=O) groups is 2. The summed E-state index contributed by atoms with van der Waals surface area (Å²) in [6, 6.07) is 2.72. The van der Waals surface area contributed by atoms with Crippen molar-refractivity contribution in [2.75, 3.05) is 0 Å². The van der Waals surface area contributed by atoms with E-state index in [9.17, 15) is 22.8 Å². The minimum absolute atomic E-state index is 0.121. The van der Waals surface area contributed by atoms with Crippen LogP contribution in [0.25, 0.3) is 22.3 Å². The average molecular weight is 393 g/mol. The van der Waals surface area contributed by atoms with Crippen molar-refractivity contribution in [3.63, 3.8) is 0 Å². The van der Waals surface area contributed by atoms with Gasteiger partial charge >= 0.3 is 18.1 Å². The van der Waals surface area contributed by atoms with Gasteiger partial charge in [-0.25, -0.2) is 9.97 Å². The Balaban J connectivity index is 2.29. The van der Waals surface area contributed by atoms with Crippen LogP contribution in [0.4, 0.5) is 13.2 Å². The Hall–Kier alpha value is -3.43. The van der Waals surface area contributed by atoms with E-state index >= 15 is 0 Å². The SMILES string of the molecule is CC(=O)Oc1cc(C(F)(F)F)ccc1-c1ncnc2c1c(OC(C)=O)cn2C. The zero-order chi connectivity index (χ0) is 20.6. The van der Waals surface area contributed by atoms with Crippen LogP contribution >= 0.6 is 0 Å². The second-order valence-electron chi connectivity index (χ2n) is 5.92. The maximum absolute atomic E-state index is 13.1. The Bertz CT molecular complexity index is 1090. The number of benzene rings is 1. The van der Waals surface area contributed by atoms with Gasteiger partial charge in [-0.3, -0.25) is 9.59 Å². The molecular weight excluding hydrogens is 379 g/mol. The highest BCUT2D eigenvalue weighted by molar-refractivity contribution is 5.98. The van der Waals surface area contributed by atoms with Crippen LogP contribution < -0.4 is 9.47 Å². The van der Waals surface area contributed by atoms with Crippen molar-refractivity contribution in [1.29, 1.82) is 0 Å². The van der Waals surface area contributed by atoms with Gasteiger partial charge in [-0.15, -0.1) is 0 Å². The van der Waals surface area contributed by atoms with E-state index < -0.39 is 23.7 Å². The maximum Gasteiger partial charge on any atom is 0.416 e. The van der Waals surface area contributed by atoms with Gasteiger partial charge in [0.05, 0.1) is 16.6 Å². The molecule has 10 heteroatoms. The molecule has 0 unspecified atom stereocenters. The van der Waals surface area contributed by atoms with Crippen LogP contribution in [0.2, 0.25) is 0 Å². The third kappa shape index (κ3) is 3.66. The number of alkyl halides is 3. The molecule has 3 aromatic rings. The van der Waals surface area contributed by atoms with Crippen LogP contribution in [0.5, 0.6) is 11.5 Å². The predicted molar refractivity (Wildman–Crippen MR) is 91.6 cm³/mol. The molecule has 0 amide bonds. The molecule has 28 heavy (non-hydrogen) atoms. The Labute approximate surface area is 156 Å². The highest BCUT2D eigenvalue weighted by Gasteiger charge is 2.32. The summed E-state index contributed by atoms with van der Waals surface area (Å²) in [5, 5.41) is 0.299. The average Bonchev–Trinajstić information content (AvgIpc) is 2.89. The van der Waals surface area contributed by atoms with E-state index in [4.69, 9.17) is 9.47 Å². The molecule has 0 bridgehead atoms. The van der Waals surface area contributed by atoms with Crippen molar-refractivity contribution in [1.82, 2.24) is 14.5 Å². The van der Waals surface area contributed by atoms with E-state index in [1.54, 1.807) is 11.6 Å². The van der Waals surface area contributed by atoms with Crippen molar-refractivity contribution in [3.05, 3.63) is 36.3 Å². The molecule has 0 spiro atoms. The first-order chi connectivity index (χ1) is 13.1. The molecule has 0 aliphatic rings. The molecule has 0 saturated heterocycles. The molecule has 0 N–H and O–H groups in total. The second-order valence-corrected chi connectivity index (χ2v) is 5.92. The van der Waals surface area contributed by atoms with Crippen molar-refractivity contribution in [2.45, 2.75) is 20.0 Å². The minimum atomic E-state index is -4.62. The van der Waals surface area contributed by atoms with E-state index in [-0.39, 0.29) is 22.8 Å². The number of fused-ring (bicyclic) bond motifs is 1. The summed E-state index contributed by atoms with van der Waals surface area (Å²) >= 11 is 0. The first kappa shape index (κ1) is 19.3. The lowest BCUT2D eigenvalue weighted by atomic mass is 10.0. The third-order valence-electron chi connectivity index (χ3n) is 3.79. The molecule has 146 valence electrons. The molecule has 0 fully saturated rings. The highest BCUT2D eigenvalue weighted by Crippen LogP contribution is 2.41. The summed E-state index contributed by atoms with van der Waals surface area (Å²) in [7, 11) is 1.66. The summed E-state index contributed by atoms with van der Waals surface area (Å²) in [5.41, 5.74) is -0.317. The van der Waals surface area contributed by atoms with E-state index in [0.29, 0.717) is 11.0 Å². The molecule has 3 rings (SSSR count). The van der Waals surface area contributed by atoms with Gasteiger partial charge in [0.2, 0.25) is 0 Å². The van der Waals surface area contributed by atoms with Gasteiger partial charge in [0, 0.05) is 32.7 Å². The lowest BCUT2D eigenvalue weighted by Gasteiger charge is -2.13. The van der Waals surface area contributed by atoms with Crippen molar-refractivity contribution >= 4 is 23.0 Å². The van der Waals surface area contributed by atoms with Gasteiger partial charge in [-0.2, -0.15) is 13.2 Å². The van der Waals surface area contributed by atoms with Crippen LogP contribution in [0.3, 0.4) is 0 Å². The first-order valence-corrected chi connectivity index (χ1v) is 7.96. The van der Waals surface area contributed by atoms with Crippen molar-refractivity contribution < 1.29 is 32.2 Å². The van der Waals surface area contributed by atoms with Gasteiger partial charge in [-0.05, 0) is 18.2 Å². The lowest BCUT2D eigenvalue weighted by molar-refractivity contribution is -0.138. The number of aryl methyl sites for hydroxylation is 1. The van der Waals surface area contributed by atoms with E-state index in [2.05, 4.69) is 9.97 Å². The second kappa shape index (κ2) is 6.95. The zero-order valence-corrected chi connectivity index (χ0v) is 15.0. The van der Waals surface area contributed by atoms with Crippen LogP contribution in [-0.4, -0.2) is 26.5 Å². The van der Waals surface area contributed by atoms with E-state index in [0.717, 1.165) is 25.1 Å². The number of ether oxygens (including phenoxy) is 2. The summed E-state index contributed by atoms with van der Waals surface area (Å²) in [6.45, 7) is 2.29. The summed E-state index contributed by atoms with van der Waals surface area (Å²) in [4.78, 5) is 31.1. The predicted octanol–water partition coefficient (Wildman–Crippen LogP) is 3.50. The number of halogens is 3. The Morgan fingerprint density at radius 2 is 1.68 bits per heavy atom. The quantitative estimate of drug-likeness (QED) is 0.500. The summed E-state index contributed by atoms with van der Waals surface area (Å²) in [6.07, 6.45) is -1.91. The van der Waals surface area contributed by atoms with Gasteiger partial charge in [0.1, 0.15) is 17.7 Å². The molecular formula is C18H14F3N3O4. The smallest absolute Gasteiger partial charge is 0.416 e. The van der Waals surface area contributed by atoms with Gasteiger partial charge in [-0.1, -0.05) is 0 Å². The van der Waals surface area contributed by atoms with Crippen LogP contribution in [0.15, 0.2) is 30.7 Å². The maximum atomic E-state index is 13.1. The largest absolute Gasteiger partial charge is 0.426 e. The fourth-order valence-electron chi connectivity index (χ4n) is 2.74. The number of rotatable bonds is 3. The molecule has 0 atom stereocenters. The number of hydrogen-bond donors (Lipinski definition) is 0. The number of aromatic nitrogens is 3. The minimum Gasteiger partial charge on any atom is -0.426 e. The number of esters is 2. The Morgan fingerprint density at radius 1 is 1.04 bits per heavy atom. The number of carbonyl (C=O) groups excluding carboxylic acids is 2. The van der Waals surface area contributed by atoms with Gasteiger partial charge < -0.3 is 14.0 Å². The Kier molecular flexibility index (Phi) is 4.80. The standard InChI is InChI=1S/C18H14F3N3O4/c1-9(25)27-13-6-11(18(19,20)21)4-5-12(13)16-15-14(28-10(2)26)7-24(3)17(15)23-8-22-16/h4-8H,1-3H3. The van der Waals surface area contributed by atoms with Crippen molar-refractivity contribution in [3.8, 4) is 22.8 Å². The van der Waals surface area contributed by atoms with E-state index in [1.807, 2.05) is 0 Å². The number of hydrogen-bond acceptors (Lipinski definition) is 6. The highest BCUT2D eigenvalue weighted by atomic mass is 19.4. The Morgan fingerprint density at radius 3 is 2.29 bits per heavy atom. The molecule has 2 heterocycles. The molecule has 1 aromatic carbocycles. The van der Waals surface area contributed by atoms with Crippen LogP contribution in [0, 0.1) is 0 Å². The van der Waals surface area contributed by atoms with Crippen LogP contribution in [-0.2, 0) is 22.8 Å². The molecule has 0 radical (unpaired) electrons. The van der Waals surface area contributed by atoms with E-state index in [1.165, 1.54) is 19.4 Å². The number of nitrogens with zero attached hydrogens (tertiary/aromatic N) is 3. The van der Waals surface area contributed by atoms with Crippen LogP contribution in [0.1, 0.15) is 19.4 Å². The molecule has 0 saturated carbocycles. The topological polar surface area (TPSA) is 83.3 Å². The third-order valence-corrected chi connectivity index (χ3v) is 3.79. The molecule has 2 aromatic heterocycles. The molecule has 7 nitrogen and oxygen atoms in total. The van der Waals surface area contributed by atoms with Gasteiger partial charge in [0.25, 0.3) is 0 Å². The molecule has 0 aliphatic heterocycles. The monoisotopic (exact) mass is 393 g/mol. The molecule has 0 aliphatic carbocycles. The summed E-state index contributed by atoms with van der Waals surface area (Å²) in [5.74, 6) is -1.57. The first-order valence-electron chi connectivity index (χ1n) is 7.96. The lowest BCUT2D eigenvalue weighted by Crippen LogP contribution is -2.08. The fourth-order valence-corrected chi connectivity index (χ4v) is 2.74. The zero-order valence-electron chi connectivity index (χ0n) is 15.0. The summed E-state index contributed by atoms with van der Waals surface area (Å²) < 4.78 is 51.0. The van der Waals surface area contributed by atoms with Gasteiger partial charge in [0.15, 0.2) is 5.75 Å². The fraction of sp³-hybridized carbons (Fsp3) is 0.222. The normalized spacial score (nSPS) is 11.5. The van der Waals surface area contributed by atoms with Crippen molar-refractivity contribution in [2.24, 2.45) is 7.05 Å².